The van der Waals surface area contributed by atoms with E-state index in [1.165, 1.54) is 12.8 Å². The molecule has 1 aliphatic heterocycles. The standard InChI is InChI=1S/C7H16N2O/c1-6(10-8)7-2-4-9-5-3-7/h6-7,9H,2-5,8H2,1H3. The first-order valence-corrected chi connectivity index (χ1v) is 3.91. The molecule has 0 amide bonds. The molecular weight excluding hydrogens is 128 g/mol. The summed E-state index contributed by atoms with van der Waals surface area (Å²) in [6, 6.07) is 0. The van der Waals surface area contributed by atoms with Gasteiger partial charge in [-0.1, -0.05) is 0 Å². The van der Waals surface area contributed by atoms with Crippen LogP contribution in [0.5, 0.6) is 0 Å². The number of rotatable bonds is 2. The van der Waals surface area contributed by atoms with Crippen molar-refractivity contribution in [3.8, 4) is 0 Å². The lowest BCUT2D eigenvalue weighted by molar-refractivity contribution is 0.0143. The molecule has 10 heavy (non-hydrogen) atoms. The fourth-order valence-electron chi connectivity index (χ4n) is 1.42. The lowest BCUT2D eigenvalue weighted by atomic mass is 9.93. The molecule has 1 unspecified atom stereocenters. The van der Waals surface area contributed by atoms with Gasteiger partial charge in [0.2, 0.25) is 0 Å². The fraction of sp³-hybridized carbons (Fsp3) is 1.00. The van der Waals surface area contributed by atoms with E-state index in [-0.39, 0.29) is 6.10 Å². The molecule has 0 aliphatic carbocycles. The molecule has 3 N–H and O–H groups in total. The molecule has 0 aromatic heterocycles. The molecule has 1 fully saturated rings. The Hall–Kier alpha value is -0.120. The third-order valence-corrected chi connectivity index (χ3v) is 2.26. The Morgan fingerprint density at radius 3 is 2.60 bits per heavy atom. The molecule has 0 radical (unpaired) electrons. The summed E-state index contributed by atoms with van der Waals surface area (Å²) in [6.07, 6.45) is 2.61. The molecule has 0 aromatic carbocycles. The number of piperidine rings is 1. The number of hydrogen-bond acceptors (Lipinski definition) is 3. The van der Waals surface area contributed by atoms with Crippen molar-refractivity contribution in [1.29, 1.82) is 0 Å². The predicted molar refractivity (Wildman–Crippen MR) is 40.3 cm³/mol. The molecule has 0 spiro atoms. The van der Waals surface area contributed by atoms with Gasteiger partial charge in [0.25, 0.3) is 0 Å². The Balaban J connectivity index is 2.24. The topological polar surface area (TPSA) is 47.3 Å². The first-order chi connectivity index (χ1) is 4.84. The third-order valence-electron chi connectivity index (χ3n) is 2.26. The predicted octanol–water partition coefficient (Wildman–Crippen LogP) is 0.265. The average molecular weight is 144 g/mol. The van der Waals surface area contributed by atoms with Gasteiger partial charge in [-0.05, 0) is 38.8 Å². The van der Waals surface area contributed by atoms with Crippen molar-refractivity contribution >= 4 is 0 Å². The van der Waals surface area contributed by atoms with Crippen molar-refractivity contribution in [3.63, 3.8) is 0 Å². The maximum atomic E-state index is 5.08. The molecule has 3 heteroatoms. The zero-order chi connectivity index (χ0) is 7.40. The van der Waals surface area contributed by atoms with Gasteiger partial charge in [0.05, 0.1) is 6.10 Å². The lowest BCUT2D eigenvalue weighted by Crippen LogP contribution is -2.35. The van der Waals surface area contributed by atoms with Crippen LogP contribution in [0.3, 0.4) is 0 Å². The summed E-state index contributed by atoms with van der Waals surface area (Å²) in [5, 5.41) is 3.30. The van der Waals surface area contributed by atoms with Crippen molar-refractivity contribution in [2.75, 3.05) is 13.1 Å². The molecule has 0 saturated carbocycles. The highest BCUT2D eigenvalue weighted by Crippen LogP contribution is 2.16. The first kappa shape index (κ1) is 7.98. The lowest BCUT2D eigenvalue weighted by Gasteiger charge is -2.26. The first-order valence-electron chi connectivity index (χ1n) is 3.91. The maximum absolute atomic E-state index is 5.08. The highest BCUT2D eigenvalue weighted by molar-refractivity contribution is 4.72. The highest BCUT2D eigenvalue weighted by Gasteiger charge is 2.19. The van der Waals surface area contributed by atoms with Crippen LogP contribution in [0.15, 0.2) is 0 Å². The summed E-state index contributed by atoms with van der Waals surface area (Å²) in [7, 11) is 0. The van der Waals surface area contributed by atoms with Crippen molar-refractivity contribution in [1.82, 2.24) is 5.32 Å². The van der Waals surface area contributed by atoms with Crippen molar-refractivity contribution < 1.29 is 4.84 Å². The smallest absolute Gasteiger partial charge is 0.0788 e. The van der Waals surface area contributed by atoms with Gasteiger partial charge in [0.15, 0.2) is 0 Å². The van der Waals surface area contributed by atoms with E-state index in [0.29, 0.717) is 5.92 Å². The van der Waals surface area contributed by atoms with Crippen molar-refractivity contribution in [2.45, 2.75) is 25.9 Å². The van der Waals surface area contributed by atoms with Crippen molar-refractivity contribution in [2.24, 2.45) is 11.8 Å². The van der Waals surface area contributed by atoms with E-state index in [9.17, 15) is 0 Å². The van der Waals surface area contributed by atoms with E-state index < -0.39 is 0 Å². The van der Waals surface area contributed by atoms with E-state index in [0.717, 1.165) is 13.1 Å². The van der Waals surface area contributed by atoms with Gasteiger partial charge in [-0.3, -0.25) is 0 Å². The Morgan fingerprint density at radius 2 is 2.10 bits per heavy atom. The minimum Gasteiger partial charge on any atom is -0.317 e. The zero-order valence-electron chi connectivity index (χ0n) is 6.47. The van der Waals surface area contributed by atoms with Gasteiger partial charge in [0, 0.05) is 0 Å². The van der Waals surface area contributed by atoms with Crippen LogP contribution in [0.25, 0.3) is 0 Å². The van der Waals surface area contributed by atoms with Gasteiger partial charge < -0.3 is 10.2 Å². The Kier molecular flexibility index (Phi) is 3.12. The molecule has 1 rings (SSSR count). The second-order valence-corrected chi connectivity index (χ2v) is 2.93. The second kappa shape index (κ2) is 3.91. The monoisotopic (exact) mass is 144 g/mol. The van der Waals surface area contributed by atoms with Crippen LogP contribution in [0, 0.1) is 5.92 Å². The number of nitrogens with one attached hydrogen (secondary N) is 1. The summed E-state index contributed by atoms with van der Waals surface area (Å²) in [5.74, 6) is 5.74. The van der Waals surface area contributed by atoms with Gasteiger partial charge in [0.1, 0.15) is 0 Å². The van der Waals surface area contributed by atoms with Gasteiger partial charge in [-0.2, -0.15) is 0 Å². The Morgan fingerprint density at radius 1 is 1.50 bits per heavy atom. The van der Waals surface area contributed by atoms with Crippen LogP contribution in [-0.2, 0) is 4.84 Å². The molecule has 1 heterocycles. The molecule has 1 saturated heterocycles. The molecule has 0 aromatic rings. The Labute approximate surface area is 61.9 Å². The minimum atomic E-state index is 0.224. The van der Waals surface area contributed by atoms with Gasteiger partial charge in [-0.15, -0.1) is 0 Å². The van der Waals surface area contributed by atoms with E-state index in [1.807, 2.05) is 6.92 Å². The SMILES string of the molecule is CC(ON)C1CCNCC1. The number of nitrogens with two attached hydrogens (primary N) is 1. The van der Waals surface area contributed by atoms with Crippen LogP contribution in [0.4, 0.5) is 0 Å². The molecule has 60 valence electrons. The highest BCUT2D eigenvalue weighted by atomic mass is 16.6. The van der Waals surface area contributed by atoms with E-state index >= 15 is 0 Å². The molecule has 3 nitrogen and oxygen atoms in total. The van der Waals surface area contributed by atoms with E-state index in [1.54, 1.807) is 0 Å². The summed E-state index contributed by atoms with van der Waals surface area (Å²) in [5.41, 5.74) is 0. The van der Waals surface area contributed by atoms with E-state index in [2.05, 4.69) is 5.32 Å². The Bertz CT molecular complexity index is 91.6. The van der Waals surface area contributed by atoms with Crippen LogP contribution < -0.4 is 11.2 Å². The third kappa shape index (κ3) is 1.94. The molecule has 1 aliphatic rings. The van der Waals surface area contributed by atoms with Crippen LogP contribution in [0.1, 0.15) is 19.8 Å². The summed E-state index contributed by atoms with van der Waals surface area (Å²) >= 11 is 0. The second-order valence-electron chi connectivity index (χ2n) is 2.93. The average Bonchev–Trinajstić information content (AvgIpc) is 2.05. The maximum Gasteiger partial charge on any atom is 0.0788 e. The van der Waals surface area contributed by atoms with Gasteiger partial charge >= 0.3 is 0 Å². The van der Waals surface area contributed by atoms with Crippen LogP contribution >= 0.6 is 0 Å². The zero-order valence-corrected chi connectivity index (χ0v) is 6.47. The summed E-state index contributed by atoms with van der Waals surface area (Å²) in [4.78, 5) is 4.76. The van der Waals surface area contributed by atoms with Crippen LogP contribution in [0.2, 0.25) is 0 Å². The van der Waals surface area contributed by atoms with Crippen LogP contribution in [-0.4, -0.2) is 19.2 Å². The van der Waals surface area contributed by atoms with E-state index in [4.69, 9.17) is 10.7 Å². The summed E-state index contributed by atoms with van der Waals surface area (Å²) in [6.45, 7) is 4.26. The minimum absolute atomic E-state index is 0.224. The molecule has 1 atom stereocenters. The van der Waals surface area contributed by atoms with Gasteiger partial charge in [-0.25, -0.2) is 5.90 Å². The summed E-state index contributed by atoms with van der Waals surface area (Å²) < 4.78 is 0. The quantitative estimate of drug-likeness (QED) is 0.547. The molecular formula is C7H16N2O. The fourth-order valence-corrected chi connectivity index (χ4v) is 1.42. The normalized spacial score (nSPS) is 24.6. The largest absolute Gasteiger partial charge is 0.317 e. The molecule has 0 bridgehead atoms. The number of hydrogen-bond donors (Lipinski definition) is 2. The van der Waals surface area contributed by atoms with Crippen molar-refractivity contribution in [3.05, 3.63) is 0 Å².